The standard InChI is InChI=1S/C27H23N5O2/c1-34-20-9-10-22-21(14-20)18(16-29-22)11-13-32-26(19-8-5-12-28-15-19)23-24(17-6-3-2-4-7-17)30-31-25(23)27(32)33/h2-10,12,14-16,26,29H,11,13H2,1H3,(H,30,31)/t26-/m1/s1. The topological polar surface area (TPSA) is 86.9 Å². The summed E-state index contributed by atoms with van der Waals surface area (Å²) in [5.74, 6) is 0.767. The van der Waals surface area contributed by atoms with Gasteiger partial charge in [-0.2, -0.15) is 5.10 Å². The fraction of sp³-hybridized carbons (Fsp3) is 0.148. The number of H-pyrrole nitrogens is 2. The molecule has 0 radical (unpaired) electrons. The minimum atomic E-state index is -0.259. The van der Waals surface area contributed by atoms with E-state index in [-0.39, 0.29) is 11.9 Å². The highest BCUT2D eigenvalue weighted by atomic mass is 16.5. The third kappa shape index (κ3) is 3.25. The number of hydrogen-bond acceptors (Lipinski definition) is 4. The molecule has 1 aliphatic heterocycles. The number of pyridine rings is 1. The predicted octanol–water partition coefficient (Wildman–Crippen LogP) is 4.75. The van der Waals surface area contributed by atoms with Gasteiger partial charge >= 0.3 is 0 Å². The summed E-state index contributed by atoms with van der Waals surface area (Å²) in [5.41, 5.74) is 6.40. The summed E-state index contributed by atoms with van der Waals surface area (Å²) < 4.78 is 5.41. The lowest BCUT2D eigenvalue weighted by Crippen LogP contribution is -2.31. The molecule has 7 nitrogen and oxygen atoms in total. The lowest BCUT2D eigenvalue weighted by atomic mass is 9.97. The Morgan fingerprint density at radius 2 is 1.97 bits per heavy atom. The van der Waals surface area contributed by atoms with Crippen molar-refractivity contribution in [3.8, 4) is 17.0 Å². The number of nitrogens with one attached hydrogen (secondary N) is 2. The Hall–Kier alpha value is -4.39. The molecule has 3 aromatic heterocycles. The van der Waals surface area contributed by atoms with Crippen molar-refractivity contribution in [1.82, 2.24) is 25.1 Å². The first-order valence-corrected chi connectivity index (χ1v) is 11.2. The number of ether oxygens (including phenoxy) is 1. The van der Waals surface area contributed by atoms with Crippen LogP contribution in [-0.2, 0) is 6.42 Å². The number of aromatic amines is 2. The zero-order valence-electron chi connectivity index (χ0n) is 18.7. The Kier molecular flexibility index (Phi) is 4.87. The number of carbonyl (C=O) groups is 1. The Morgan fingerprint density at radius 3 is 2.76 bits per heavy atom. The minimum Gasteiger partial charge on any atom is -0.497 e. The van der Waals surface area contributed by atoms with E-state index in [0.29, 0.717) is 18.7 Å². The molecule has 6 rings (SSSR count). The van der Waals surface area contributed by atoms with E-state index in [1.807, 2.05) is 78.0 Å². The Labute approximate surface area is 196 Å². The van der Waals surface area contributed by atoms with Crippen LogP contribution < -0.4 is 4.74 Å². The maximum atomic E-state index is 13.6. The van der Waals surface area contributed by atoms with E-state index >= 15 is 0 Å². The van der Waals surface area contributed by atoms with Crippen molar-refractivity contribution in [2.75, 3.05) is 13.7 Å². The summed E-state index contributed by atoms with van der Waals surface area (Å²) in [6.07, 6.45) is 6.30. The highest BCUT2D eigenvalue weighted by Crippen LogP contribution is 2.42. The summed E-state index contributed by atoms with van der Waals surface area (Å²) in [7, 11) is 1.67. The lowest BCUT2D eigenvalue weighted by Gasteiger charge is -2.26. The van der Waals surface area contributed by atoms with Gasteiger partial charge in [-0.3, -0.25) is 14.9 Å². The number of methoxy groups -OCH3 is 1. The zero-order chi connectivity index (χ0) is 23.1. The van der Waals surface area contributed by atoms with Crippen LogP contribution in [0.4, 0.5) is 0 Å². The molecule has 0 aliphatic carbocycles. The van der Waals surface area contributed by atoms with Gasteiger partial charge in [0.2, 0.25) is 0 Å². The van der Waals surface area contributed by atoms with Crippen LogP contribution in [0.2, 0.25) is 0 Å². The number of benzene rings is 2. The van der Waals surface area contributed by atoms with Gasteiger partial charge in [0.15, 0.2) is 0 Å². The molecule has 7 heteroatoms. The van der Waals surface area contributed by atoms with Crippen LogP contribution in [0, 0.1) is 0 Å². The zero-order valence-corrected chi connectivity index (χ0v) is 18.7. The van der Waals surface area contributed by atoms with Gasteiger partial charge in [0.1, 0.15) is 11.4 Å². The molecule has 1 atom stereocenters. The first-order valence-electron chi connectivity index (χ1n) is 11.2. The number of nitrogens with zero attached hydrogens (tertiary/aromatic N) is 3. The molecule has 2 N–H and O–H groups in total. The Morgan fingerprint density at radius 1 is 1.09 bits per heavy atom. The molecule has 5 aromatic rings. The van der Waals surface area contributed by atoms with Crippen molar-refractivity contribution in [3.05, 3.63) is 102 Å². The maximum absolute atomic E-state index is 13.6. The van der Waals surface area contributed by atoms with E-state index < -0.39 is 0 Å². The van der Waals surface area contributed by atoms with Crippen LogP contribution in [0.3, 0.4) is 0 Å². The number of fused-ring (bicyclic) bond motifs is 2. The van der Waals surface area contributed by atoms with Crippen molar-refractivity contribution in [2.45, 2.75) is 12.5 Å². The molecule has 0 saturated heterocycles. The largest absolute Gasteiger partial charge is 0.497 e. The second-order valence-electron chi connectivity index (χ2n) is 8.39. The van der Waals surface area contributed by atoms with Crippen LogP contribution in [-0.4, -0.2) is 44.6 Å². The summed E-state index contributed by atoms with van der Waals surface area (Å²) in [5, 5.41) is 8.65. The van der Waals surface area contributed by atoms with Crippen LogP contribution in [0.5, 0.6) is 5.75 Å². The first kappa shape index (κ1) is 20.2. The van der Waals surface area contributed by atoms with E-state index in [1.54, 1.807) is 13.3 Å². The number of rotatable bonds is 6. The van der Waals surface area contributed by atoms with Gasteiger partial charge in [0, 0.05) is 47.2 Å². The molecule has 1 aliphatic rings. The smallest absolute Gasteiger partial charge is 0.273 e. The van der Waals surface area contributed by atoms with Gasteiger partial charge in [-0.05, 0) is 41.8 Å². The second-order valence-corrected chi connectivity index (χ2v) is 8.39. The first-order chi connectivity index (χ1) is 16.7. The van der Waals surface area contributed by atoms with E-state index in [1.165, 1.54) is 0 Å². The van der Waals surface area contributed by atoms with Crippen LogP contribution in [0.1, 0.15) is 33.2 Å². The third-order valence-electron chi connectivity index (χ3n) is 6.51. The van der Waals surface area contributed by atoms with Crippen molar-refractivity contribution in [3.63, 3.8) is 0 Å². The molecule has 0 fully saturated rings. The number of hydrogen-bond donors (Lipinski definition) is 2. The summed E-state index contributed by atoms with van der Waals surface area (Å²) >= 11 is 0. The molecule has 4 heterocycles. The average molecular weight is 450 g/mol. The molecular weight excluding hydrogens is 426 g/mol. The molecule has 0 saturated carbocycles. The highest BCUT2D eigenvalue weighted by Gasteiger charge is 2.42. The normalized spacial score (nSPS) is 15.1. The van der Waals surface area contributed by atoms with Crippen LogP contribution >= 0.6 is 0 Å². The fourth-order valence-corrected chi connectivity index (χ4v) is 4.86. The van der Waals surface area contributed by atoms with Gasteiger partial charge in [0.25, 0.3) is 5.91 Å². The van der Waals surface area contributed by atoms with Crippen LogP contribution in [0.15, 0.2) is 79.3 Å². The van der Waals surface area contributed by atoms with E-state index in [4.69, 9.17) is 4.74 Å². The second kappa shape index (κ2) is 8.19. The van der Waals surface area contributed by atoms with Gasteiger partial charge < -0.3 is 14.6 Å². The minimum absolute atomic E-state index is 0.0454. The molecule has 34 heavy (non-hydrogen) atoms. The highest BCUT2D eigenvalue weighted by molar-refractivity contribution is 6.00. The molecule has 0 unspecified atom stereocenters. The fourth-order valence-electron chi connectivity index (χ4n) is 4.86. The monoisotopic (exact) mass is 449 g/mol. The molecule has 2 aromatic carbocycles. The van der Waals surface area contributed by atoms with Gasteiger partial charge in [-0.15, -0.1) is 0 Å². The molecule has 168 valence electrons. The van der Waals surface area contributed by atoms with Gasteiger partial charge in [0.05, 0.1) is 18.8 Å². The lowest BCUT2D eigenvalue weighted by molar-refractivity contribution is 0.0746. The number of amides is 1. The van der Waals surface area contributed by atoms with Gasteiger partial charge in [-0.1, -0.05) is 36.4 Å². The quantitative estimate of drug-likeness (QED) is 0.392. The van der Waals surface area contributed by atoms with Crippen molar-refractivity contribution < 1.29 is 9.53 Å². The van der Waals surface area contributed by atoms with E-state index in [9.17, 15) is 4.79 Å². The predicted molar refractivity (Wildman–Crippen MR) is 130 cm³/mol. The molecule has 1 amide bonds. The van der Waals surface area contributed by atoms with Crippen molar-refractivity contribution >= 4 is 16.8 Å². The van der Waals surface area contributed by atoms with Crippen LogP contribution in [0.25, 0.3) is 22.2 Å². The molecular formula is C27H23N5O2. The maximum Gasteiger partial charge on any atom is 0.273 e. The summed E-state index contributed by atoms with van der Waals surface area (Å²) in [4.78, 5) is 23.1. The summed E-state index contributed by atoms with van der Waals surface area (Å²) in [6, 6.07) is 19.6. The Balaban J connectivity index is 1.38. The van der Waals surface area contributed by atoms with Crippen molar-refractivity contribution in [1.29, 1.82) is 0 Å². The van der Waals surface area contributed by atoms with E-state index in [2.05, 4.69) is 20.2 Å². The average Bonchev–Trinajstić information content (AvgIpc) is 3.57. The number of carbonyl (C=O) groups excluding carboxylic acids is 1. The van der Waals surface area contributed by atoms with E-state index in [0.717, 1.165) is 44.6 Å². The molecule has 0 spiro atoms. The number of aromatic nitrogens is 4. The Bertz CT molecular complexity index is 1470. The SMILES string of the molecule is COc1ccc2[nH]cc(CCN3C(=O)c4[nH]nc(-c5ccccc5)c4[C@H]3c3cccnc3)c2c1. The third-order valence-corrected chi connectivity index (χ3v) is 6.51. The molecule has 0 bridgehead atoms. The summed E-state index contributed by atoms with van der Waals surface area (Å²) in [6.45, 7) is 0.555. The van der Waals surface area contributed by atoms with Gasteiger partial charge in [-0.25, -0.2) is 0 Å². The van der Waals surface area contributed by atoms with Crippen molar-refractivity contribution in [2.24, 2.45) is 0 Å².